The van der Waals surface area contributed by atoms with Crippen LogP contribution in [-0.4, -0.2) is 87.3 Å². The Morgan fingerprint density at radius 2 is 1.82 bits per heavy atom. The molecule has 9 heteroatoms. The Hall–Kier alpha value is -1.89. The molecule has 120 valence electrons. The van der Waals surface area contributed by atoms with E-state index in [2.05, 4.69) is 25.1 Å². The first-order valence-corrected chi connectivity index (χ1v) is 7.43. The molecule has 3 rings (SSSR count). The number of morpholine rings is 2. The lowest BCUT2D eigenvalue weighted by atomic mass is 10.4. The summed E-state index contributed by atoms with van der Waals surface area (Å²) in [6, 6.07) is 2.30. The third kappa shape index (κ3) is 3.65. The second-order valence-electron chi connectivity index (χ2n) is 5.05. The molecule has 0 spiro atoms. The van der Waals surface area contributed by atoms with Crippen molar-refractivity contribution in [3.63, 3.8) is 0 Å². The van der Waals surface area contributed by atoms with Gasteiger partial charge in [-0.05, 0) is 0 Å². The van der Waals surface area contributed by atoms with Gasteiger partial charge in [-0.25, -0.2) is 4.99 Å². The van der Waals surface area contributed by atoms with Crippen molar-refractivity contribution in [1.82, 2.24) is 15.1 Å². The number of aliphatic imine (C=N–C) groups is 2. The van der Waals surface area contributed by atoms with Crippen molar-refractivity contribution in [3.05, 3.63) is 0 Å². The van der Waals surface area contributed by atoms with Gasteiger partial charge in [-0.1, -0.05) is 0 Å². The lowest BCUT2D eigenvalue weighted by molar-refractivity contribution is 0.0181. The predicted octanol–water partition coefficient (Wildman–Crippen LogP) is -1.21. The maximum Gasteiger partial charge on any atom is 0.295 e. The lowest BCUT2D eigenvalue weighted by Crippen LogP contribution is -2.54. The highest BCUT2D eigenvalue weighted by Crippen LogP contribution is 2.12. The summed E-state index contributed by atoms with van der Waals surface area (Å²) in [5.74, 6) is 0.725. The van der Waals surface area contributed by atoms with Crippen LogP contribution >= 0.6 is 0 Å². The summed E-state index contributed by atoms with van der Waals surface area (Å²) in [6.07, 6.45) is -0.336. The predicted molar refractivity (Wildman–Crippen MR) is 78.1 cm³/mol. The molecule has 0 aromatic heterocycles. The molecule has 0 aromatic rings. The van der Waals surface area contributed by atoms with E-state index in [0.717, 1.165) is 32.1 Å². The fraction of sp³-hybridized carbons (Fsp3) is 0.769. The van der Waals surface area contributed by atoms with Crippen molar-refractivity contribution in [2.45, 2.75) is 6.29 Å². The molecule has 3 aliphatic heterocycles. The van der Waals surface area contributed by atoms with Crippen molar-refractivity contribution < 1.29 is 14.2 Å². The van der Waals surface area contributed by atoms with Crippen LogP contribution in [0.2, 0.25) is 0 Å². The molecule has 3 heterocycles. The largest absolute Gasteiger partial charge is 0.449 e. The van der Waals surface area contributed by atoms with Crippen LogP contribution in [0.5, 0.6) is 0 Å². The van der Waals surface area contributed by atoms with Gasteiger partial charge in [0, 0.05) is 26.2 Å². The highest BCUT2D eigenvalue weighted by Gasteiger charge is 2.28. The number of ether oxygens (including phenoxy) is 3. The minimum atomic E-state index is -0.336. The van der Waals surface area contributed by atoms with Gasteiger partial charge >= 0.3 is 0 Å². The molecule has 2 saturated heterocycles. The Labute approximate surface area is 129 Å². The Kier molecular flexibility index (Phi) is 5.05. The molecule has 22 heavy (non-hydrogen) atoms. The van der Waals surface area contributed by atoms with E-state index in [9.17, 15) is 0 Å². The summed E-state index contributed by atoms with van der Waals surface area (Å²) in [7, 11) is 0. The van der Waals surface area contributed by atoms with Gasteiger partial charge in [-0.15, -0.1) is 0 Å². The van der Waals surface area contributed by atoms with Gasteiger partial charge in [0.15, 0.2) is 6.61 Å². The van der Waals surface area contributed by atoms with Crippen LogP contribution in [0.25, 0.3) is 0 Å². The number of amidine groups is 1. The molecule has 0 saturated carbocycles. The average Bonchev–Trinajstić information content (AvgIpc) is 2.61. The summed E-state index contributed by atoms with van der Waals surface area (Å²) in [5, 5.41) is 11.8. The fourth-order valence-electron chi connectivity index (χ4n) is 2.48. The van der Waals surface area contributed by atoms with Crippen LogP contribution in [0.4, 0.5) is 0 Å². The number of nitrogens with one attached hydrogen (secondary N) is 1. The summed E-state index contributed by atoms with van der Waals surface area (Å²) in [5.41, 5.74) is 0. The second kappa shape index (κ2) is 7.40. The van der Waals surface area contributed by atoms with Crippen molar-refractivity contribution in [1.29, 1.82) is 5.26 Å². The second-order valence-corrected chi connectivity index (χ2v) is 5.05. The Morgan fingerprint density at radius 3 is 2.50 bits per heavy atom. The van der Waals surface area contributed by atoms with Crippen LogP contribution in [-0.2, 0) is 14.2 Å². The SMILES string of the molecule is N#CCOC1=NC(N2CCOCC2)N=C(N2CCOCC2)N1. The zero-order valence-electron chi connectivity index (χ0n) is 12.4. The van der Waals surface area contributed by atoms with Gasteiger partial charge in [0.1, 0.15) is 6.07 Å². The molecule has 0 aromatic carbocycles. The molecule has 9 nitrogen and oxygen atoms in total. The first kappa shape index (κ1) is 15.0. The van der Waals surface area contributed by atoms with Gasteiger partial charge in [0.2, 0.25) is 12.2 Å². The fourth-order valence-corrected chi connectivity index (χ4v) is 2.48. The zero-order chi connectivity index (χ0) is 15.2. The lowest BCUT2D eigenvalue weighted by Gasteiger charge is -2.36. The maximum atomic E-state index is 8.68. The molecule has 1 N–H and O–H groups in total. The third-order valence-electron chi connectivity index (χ3n) is 3.65. The van der Waals surface area contributed by atoms with E-state index in [0.29, 0.717) is 32.4 Å². The number of rotatable bonds is 2. The van der Waals surface area contributed by atoms with E-state index in [4.69, 9.17) is 19.5 Å². The standard InChI is InChI=1S/C13H20N6O3/c14-1-6-22-13-16-11(18-2-7-20-8-3-18)15-12(17-13)19-4-9-21-10-5-19/h11H,2-10H2,(H,15,16,17). The van der Waals surface area contributed by atoms with Gasteiger partial charge in [-0.3, -0.25) is 10.2 Å². The van der Waals surface area contributed by atoms with Crippen molar-refractivity contribution in [2.24, 2.45) is 9.98 Å². The monoisotopic (exact) mass is 308 g/mol. The molecule has 1 atom stereocenters. The zero-order valence-corrected chi connectivity index (χ0v) is 12.4. The highest BCUT2D eigenvalue weighted by molar-refractivity contribution is 5.97. The number of hydrogen-bond donors (Lipinski definition) is 1. The van der Waals surface area contributed by atoms with Gasteiger partial charge in [0.05, 0.1) is 26.4 Å². The topological polar surface area (TPSA) is 94.7 Å². The number of hydrogen-bond acceptors (Lipinski definition) is 9. The highest BCUT2D eigenvalue weighted by atomic mass is 16.5. The van der Waals surface area contributed by atoms with Crippen LogP contribution in [0.1, 0.15) is 0 Å². The third-order valence-corrected chi connectivity index (χ3v) is 3.65. The molecular weight excluding hydrogens is 288 g/mol. The average molecular weight is 308 g/mol. The summed E-state index contributed by atoms with van der Waals surface area (Å²) in [6.45, 7) is 5.76. The molecule has 0 aliphatic carbocycles. The van der Waals surface area contributed by atoms with Crippen LogP contribution < -0.4 is 5.32 Å². The van der Waals surface area contributed by atoms with E-state index in [1.54, 1.807) is 0 Å². The Morgan fingerprint density at radius 1 is 1.14 bits per heavy atom. The van der Waals surface area contributed by atoms with E-state index < -0.39 is 0 Å². The normalized spacial score (nSPS) is 26.5. The summed E-state index contributed by atoms with van der Waals surface area (Å²) < 4.78 is 16.1. The van der Waals surface area contributed by atoms with Crippen molar-refractivity contribution in [3.8, 4) is 6.07 Å². The summed E-state index contributed by atoms with van der Waals surface area (Å²) in [4.78, 5) is 13.4. The molecule has 2 fully saturated rings. The molecular formula is C13H20N6O3. The van der Waals surface area contributed by atoms with Crippen molar-refractivity contribution >= 4 is 12.0 Å². The molecule has 0 radical (unpaired) electrons. The van der Waals surface area contributed by atoms with E-state index in [1.165, 1.54) is 0 Å². The number of nitrogens with zero attached hydrogens (tertiary/aromatic N) is 5. The first-order valence-electron chi connectivity index (χ1n) is 7.43. The van der Waals surface area contributed by atoms with E-state index in [1.807, 2.05) is 6.07 Å². The molecule has 0 amide bonds. The number of guanidine groups is 1. The Balaban J connectivity index is 1.73. The van der Waals surface area contributed by atoms with E-state index in [-0.39, 0.29) is 12.9 Å². The molecule has 0 bridgehead atoms. The molecule has 1 unspecified atom stereocenters. The first-order chi connectivity index (χ1) is 10.9. The van der Waals surface area contributed by atoms with Crippen LogP contribution in [0.3, 0.4) is 0 Å². The maximum absolute atomic E-state index is 8.68. The Bertz CT molecular complexity index is 477. The van der Waals surface area contributed by atoms with Crippen LogP contribution in [0, 0.1) is 11.3 Å². The number of nitriles is 1. The smallest absolute Gasteiger partial charge is 0.295 e. The molecule has 3 aliphatic rings. The van der Waals surface area contributed by atoms with Crippen molar-refractivity contribution in [2.75, 3.05) is 59.2 Å². The van der Waals surface area contributed by atoms with E-state index >= 15 is 0 Å². The van der Waals surface area contributed by atoms with Gasteiger partial charge < -0.3 is 19.1 Å². The quantitative estimate of drug-likeness (QED) is 0.684. The van der Waals surface area contributed by atoms with Crippen LogP contribution in [0.15, 0.2) is 9.98 Å². The minimum Gasteiger partial charge on any atom is -0.449 e. The van der Waals surface area contributed by atoms with Gasteiger partial charge in [-0.2, -0.15) is 10.3 Å². The minimum absolute atomic E-state index is 0.0436. The summed E-state index contributed by atoms with van der Waals surface area (Å²) >= 11 is 0. The van der Waals surface area contributed by atoms with Gasteiger partial charge in [0.25, 0.3) is 6.02 Å².